The van der Waals surface area contributed by atoms with Gasteiger partial charge in [-0.3, -0.25) is 24.3 Å². The van der Waals surface area contributed by atoms with Crippen LogP contribution in [0.1, 0.15) is 16.1 Å². The number of amides is 1. The first-order valence-electron chi connectivity index (χ1n) is 7.08. The SMILES string of the molecule is Cn1ncc([N+](=O)[O-])c1C(=O)Nc1cnn(Cc2ccccc2)c1. The van der Waals surface area contributed by atoms with Crippen LogP contribution in [0.25, 0.3) is 0 Å². The normalized spacial score (nSPS) is 10.5. The molecule has 0 spiro atoms. The summed E-state index contributed by atoms with van der Waals surface area (Å²) in [6.45, 7) is 0.558. The second kappa shape index (κ2) is 6.32. The average molecular weight is 326 g/mol. The molecular formula is C15H14N6O3. The quantitative estimate of drug-likeness (QED) is 0.568. The summed E-state index contributed by atoms with van der Waals surface area (Å²) >= 11 is 0. The van der Waals surface area contributed by atoms with E-state index in [-0.39, 0.29) is 11.4 Å². The van der Waals surface area contributed by atoms with Crippen molar-refractivity contribution in [2.24, 2.45) is 7.05 Å². The first-order valence-corrected chi connectivity index (χ1v) is 7.08. The Kier molecular flexibility index (Phi) is 4.06. The number of hydrogen-bond donors (Lipinski definition) is 1. The highest BCUT2D eigenvalue weighted by molar-refractivity contribution is 6.05. The molecule has 0 atom stereocenters. The summed E-state index contributed by atoms with van der Waals surface area (Å²) in [5.41, 5.74) is 1.06. The van der Waals surface area contributed by atoms with Crippen molar-refractivity contribution in [2.45, 2.75) is 6.54 Å². The summed E-state index contributed by atoms with van der Waals surface area (Å²) in [5, 5.41) is 21.5. The maximum Gasteiger partial charge on any atom is 0.320 e. The largest absolute Gasteiger partial charge is 0.320 e. The molecule has 0 aliphatic heterocycles. The van der Waals surface area contributed by atoms with Gasteiger partial charge >= 0.3 is 5.69 Å². The van der Waals surface area contributed by atoms with E-state index in [0.29, 0.717) is 12.2 Å². The lowest BCUT2D eigenvalue weighted by atomic mass is 10.2. The number of benzene rings is 1. The van der Waals surface area contributed by atoms with Crippen LogP contribution < -0.4 is 5.32 Å². The molecule has 0 unspecified atom stereocenters. The maximum atomic E-state index is 12.3. The van der Waals surface area contributed by atoms with Crippen molar-refractivity contribution < 1.29 is 9.72 Å². The van der Waals surface area contributed by atoms with Gasteiger partial charge in [0, 0.05) is 13.2 Å². The summed E-state index contributed by atoms with van der Waals surface area (Å²) in [5.74, 6) is -0.610. The number of nitrogens with zero attached hydrogens (tertiary/aromatic N) is 5. The monoisotopic (exact) mass is 326 g/mol. The summed E-state index contributed by atoms with van der Waals surface area (Å²) in [6, 6.07) is 9.74. The predicted molar refractivity (Wildman–Crippen MR) is 85.6 cm³/mol. The molecule has 3 aromatic rings. The van der Waals surface area contributed by atoms with Crippen LogP contribution in [0.15, 0.2) is 48.9 Å². The van der Waals surface area contributed by atoms with Gasteiger partial charge in [-0.05, 0) is 5.56 Å². The van der Waals surface area contributed by atoms with Crippen LogP contribution in [0.5, 0.6) is 0 Å². The van der Waals surface area contributed by atoms with Crippen molar-refractivity contribution in [1.29, 1.82) is 0 Å². The van der Waals surface area contributed by atoms with E-state index in [1.54, 1.807) is 10.9 Å². The van der Waals surface area contributed by atoms with Gasteiger partial charge in [0.15, 0.2) is 0 Å². The molecule has 2 heterocycles. The van der Waals surface area contributed by atoms with Crippen LogP contribution in [-0.2, 0) is 13.6 Å². The molecule has 1 amide bonds. The van der Waals surface area contributed by atoms with Crippen molar-refractivity contribution in [3.63, 3.8) is 0 Å². The number of rotatable bonds is 5. The maximum absolute atomic E-state index is 12.3. The van der Waals surface area contributed by atoms with E-state index in [1.165, 1.54) is 17.9 Å². The Balaban J connectivity index is 1.74. The smallest absolute Gasteiger partial charge is 0.318 e. The van der Waals surface area contributed by atoms with Gasteiger partial charge in [0.05, 0.1) is 23.4 Å². The van der Waals surface area contributed by atoms with Crippen LogP contribution in [0, 0.1) is 10.1 Å². The molecule has 0 fully saturated rings. The molecule has 0 radical (unpaired) electrons. The second-order valence-electron chi connectivity index (χ2n) is 5.13. The number of hydrogen-bond acceptors (Lipinski definition) is 5. The molecule has 1 N–H and O–H groups in total. The van der Waals surface area contributed by atoms with Crippen LogP contribution >= 0.6 is 0 Å². The van der Waals surface area contributed by atoms with Gasteiger partial charge in [-0.1, -0.05) is 30.3 Å². The molecule has 0 saturated heterocycles. The first kappa shape index (κ1) is 15.4. The number of anilines is 1. The van der Waals surface area contributed by atoms with E-state index in [1.807, 2.05) is 30.3 Å². The van der Waals surface area contributed by atoms with Gasteiger partial charge in [0.25, 0.3) is 5.91 Å². The Morgan fingerprint density at radius 3 is 2.71 bits per heavy atom. The highest BCUT2D eigenvalue weighted by Gasteiger charge is 2.25. The van der Waals surface area contributed by atoms with Crippen LogP contribution in [0.3, 0.4) is 0 Å². The lowest BCUT2D eigenvalue weighted by molar-refractivity contribution is -0.385. The number of aryl methyl sites for hydroxylation is 1. The Hall–Kier alpha value is -3.49. The van der Waals surface area contributed by atoms with E-state index >= 15 is 0 Å². The summed E-state index contributed by atoms with van der Waals surface area (Å²) in [4.78, 5) is 22.6. The second-order valence-corrected chi connectivity index (χ2v) is 5.13. The van der Waals surface area contributed by atoms with Crippen LogP contribution in [-0.4, -0.2) is 30.4 Å². The number of carbonyl (C=O) groups excluding carboxylic acids is 1. The highest BCUT2D eigenvalue weighted by atomic mass is 16.6. The summed E-state index contributed by atoms with van der Waals surface area (Å²) in [6.07, 6.45) is 4.20. The molecule has 0 aliphatic rings. The molecule has 24 heavy (non-hydrogen) atoms. The predicted octanol–water partition coefficient (Wildman–Crippen LogP) is 1.83. The Labute approximate surface area is 136 Å². The van der Waals surface area contributed by atoms with E-state index in [2.05, 4.69) is 15.5 Å². The Morgan fingerprint density at radius 2 is 2.00 bits per heavy atom. The van der Waals surface area contributed by atoms with Gasteiger partial charge in [0.1, 0.15) is 6.20 Å². The minimum absolute atomic E-state index is 0.115. The summed E-state index contributed by atoms with van der Waals surface area (Å²) in [7, 11) is 1.47. The molecule has 0 aliphatic carbocycles. The molecular weight excluding hydrogens is 312 g/mol. The standard InChI is InChI=1S/C15H14N6O3/c1-19-14(13(8-16-19)21(23)24)15(22)18-12-7-17-20(10-12)9-11-5-3-2-4-6-11/h2-8,10H,9H2,1H3,(H,18,22). The van der Waals surface area contributed by atoms with Crippen molar-refractivity contribution in [3.8, 4) is 0 Å². The lowest BCUT2D eigenvalue weighted by Gasteiger charge is -2.03. The first-order chi connectivity index (χ1) is 11.5. The average Bonchev–Trinajstić information content (AvgIpc) is 3.15. The van der Waals surface area contributed by atoms with Crippen molar-refractivity contribution in [2.75, 3.05) is 5.32 Å². The van der Waals surface area contributed by atoms with Crippen molar-refractivity contribution in [3.05, 3.63) is 70.3 Å². The summed E-state index contributed by atoms with van der Waals surface area (Å²) < 4.78 is 2.84. The van der Waals surface area contributed by atoms with Crippen LogP contribution in [0.2, 0.25) is 0 Å². The van der Waals surface area contributed by atoms with Crippen molar-refractivity contribution in [1.82, 2.24) is 19.6 Å². The molecule has 0 saturated carbocycles. The zero-order valence-corrected chi connectivity index (χ0v) is 12.8. The van der Waals surface area contributed by atoms with E-state index in [4.69, 9.17) is 0 Å². The number of nitro groups is 1. The third-order valence-corrected chi connectivity index (χ3v) is 3.41. The van der Waals surface area contributed by atoms with E-state index < -0.39 is 10.8 Å². The zero-order chi connectivity index (χ0) is 17.1. The molecule has 2 aromatic heterocycles. The van der Waals surface area contributed by atoms with E-state index in [9.17, 15) is 14.9 Å². The topological polar surface area (TPSA) is 108 Å². The number of aromatic nitrogens is 4. The fourth-order valence-electron chi connectivity index (χ4n) is 2.30. The van der Waals surface area contributed by atoms with Gasteiger partial charge < -0.3 is 5.32 Å². The molecule has 3 rings (SSSR count). The molecule has 122 valence electrons. The Morgan fingerprint density at radius 1 is 1.25 bits per heavy atom. The van der Waals surface area contributed by atoms with Gasteiger partial charge in [0.2, 0.25) is 5.69 Å². The minimum atomic E-state index is -0.638. The number of nitrogens with one attached hydrogen (secondary N) is 1. The van der Waals surface area contributed by atoms with Gasteiger partial charge in [-0.25, -0.2) is 0 Å². The highest BCUT2D eigenvalue weighted by Crippen LogP contribution is 2.18. The molecule has 9 heteroatoms. The fourth-order valence-corrected chi connectivity index (χ4v) is 2.30. The number of carbonyl (C=O) groups is 1. The fraction of sp³-hybridized carbons (Fsp3) is 0.133. The minimum Gasteiger partial charge on any atom is -0.318 e. The third-order valence-electron chi connectivity index (χ3n) is 3.41. The molecule has 1 aromatic carbocycles. The van der Waals surface area contributed by atoms with Gasteiger partial charge in [-0.2, -0.15) is 10.2 Å². The lowest BCUT2D eigenvalue weighted by Crippen LogP contribution is -2.17. The molecule has 9 nitrogen and oxygen atoms in total. The van der Waals surface area contributed by atoms with Crippen LogP contribution in [0.4, 0.5) is 11.4 Å². The third kappa shape index (κ3) is 3.14. The van der Waals surface area contributed by atoms with E-state index in [0.717, 1.165) is 11.8 Å². The molecule has 0 bridgehead atoms. The van der Waals surface area contributed by atoms with Crippen molar-refractivity contribution >= 4 is 17.3 Å². The zero-order valence-electron chi connectivity index (χ0n) is 12.8. The van der Waals surface area contributed by atoms with Gasteiger partial charge in [-0.15, -0.1) is 0 Å². The Bertz CT molecular complexity index is 884.